The number of halogens is 1. The quantitative estimate of drug-likeness (QED) is 0.850. The van der Waals surface area contributed by atoms with Gasteiger partial charge in [-0.1, -0.05) is 15.9 Å². The lowest BCUT2D eigenvalue weighted by molar-refractivity contribution is 0.0374. The summed E-state index contributed by atoms with van der Waals surface area (Å²) in [6.45, 7) is 5.31. The molecule has 0 N–H and O–H groups in total. The van der Waals surface area contributed by atoms with E-state index in [-0.39, 0.29) is 0 Å². The predicted molar refractivity (Wildman–Crippen MR) is 75.8 cm³/mol. The lowest BCUT2D eigenvalue weighted by Crippen LogP contribution is -2.36. The number of hydrogen-bond donors (Lipinski definition) is 0. The molecule has 0 bridgehead atoms. The van der Waals surface area contributed by atoms with Crippen molar-refractivity contribution in [2.24, 2.45) is 0 Å². The van der Waals surface area contributed by atoms with Gasteiger partial charge in [-0.25, -0.2) is 0 Å². The maximum Gasteiger partial charge on any atom is 0.231 e. The molecule has 0 atom stereocenters. The van der Waals surface area contributed by atoms with E-state index in [0.717, 1.165) is 61.7 Å². The number of hydrogen-bond acceptors (Lipinski definition) is 4. The highest BCUT2D eigenvalue weighted by molar-refractivity contribution is 9.10. The van der Waals surface area contributed by atoms with E-state index in [9.17, 15) is 0 Å². The molecule has 1 fully saturated rings. The second-order valence-corrected chi connectivity index (χ2v) is 5.71. The van der Waals surface area contributed by atoms with E-state index < -0.39 is 0 Å². The van der Waals surface area contributed by atoms with Gasteiger partial charge in [-0.05, 0) is 37.1 Å². The summed E-state index contributed by atoms with van der Waals surface area (Å²) in [4.78, 5) is 2.46. The van der Waals surface area contributed by atoms with Crippen molar-refractivity contribution < 1.29 is 14.2 Å². The molecule has 2 heterocycles. The van der Waals surface area contributed by atoms with E-state index in [2.05, 4.69) is 26.9 Å². The van der Waals surface area contributed by atoms with Gasteiger partial charge in [0.2, 0.25) is 6.79 Å². The van der Waals surface area contributed by atoms with Gasteiger partial charge in [0.1, 0.15) is 0 Å². The Morgan fingerprint density at radius 1 is 1.11 bits per heavy atom. The Hall–Kier alpha value is -0.780. The Morgan fingerprint density at radius 2 is 1.84 bits per heavy atom. The minimum absolute atomic E-state index is 0.332. The number of rotatable bonds is 4. The smallest absolute Gasteiger partial charge is 0.231 e. The molecule has 5 heteroatoms. The number of fused-ring (bicyclic) bond motifs is 1. The van der Waals surface area contributed by atoms with Gasteiger partial charge in [0.25, 0.3) is 0 Å². The van der Waals surface area contributed by atoms with E-state index in [0.29, 0.717) is 6.79 Å². The number of ether oxygens (including phenoxy) is 3. The first kappa shape index (κ1) is 13.2. The predicted octanol–water partition coefficient (Wildman–Crippen LogP) is 2.44. The summed E-state index contributed by atoms with van der Waals surface area (Å²) in [7, 11) is 0. The average molecular weight is 328 g/mol. The van der Waals surface area contributed by atoms with Crippen molar-refractivity contribution in [2.45, 2.75) is 12.8 Å². The normalized spacial score (nSPS) is 18.8. The van der Waals surface area contributed by atoms with E-state index in [1.165, 1.54) is 5.56 Å². The summed E-state index contributed by atoms with van der Waals surface area (Å²) in [5.74, 6) is 1.70. The van der Waals surface area contributed by atoms with Crippen molar-refractivity contribution in [3.05, 3.63) is 22.2 Å². The molecule has 19 heavy (non-hydrogen) atoms. The summed E-state index contributed by atoms with van der Waals surface area (Å²) in [5, 5.41) is 0. The Bertz CT molecular complexity index is 447. The fourth-order valence-electron chi connectivity index (χ4n) is 2.47. The van der Waals surface area contributed by atoms with E-state index >= 15 is 0 Å². The van der Waals surface area contributed by atoms with Crippen LogP contribution in [0.2, 0.25) is 0 Å². The zero-order chi connectivity index (χ0) is 13.1. The molecule has 2 aliphatic heterocycles. The van der Waals surface area contributed by atoms with Crippen molar-refractivity contribution >= 4 is 15.9 Å². The lowest BCUT2D eigenvalue weighted by Gasteiger charge is -2.26. The minimum atomic E-state index is 0.332. The number of nitrogens with zero attached hydrogens (tertiary/aromatic N) is 1. The second-order valence-electron chi connectivity index (χ2n) is 4.85. The average Bonchev–Trinajstić information content (AvgIpc) is 2.87. The standard InChI is InChI=1S/C14H18BrNO3/c15-12-9-14-13(18-10-19-14)8-11(12)2-1-3-16-4-6-17-7-5-16/h8-9H,1-7,10H2. The molecule has 1 saturated heterocycles. The Kier molecular flexibility index (Phi) is 4.25. The van der Waals surface area contributed by atoms with Crippen molar-refractivity contribution in [3.63, 3.8) is 0 Å². The van der Waals surface area contributed by atoms with E-state index in [1.54, 1.807) is 0 Å². The summed E-state index contributed by atoms with van der Waals surface area (Å²) in [5.41, 5.74) is 1.29. The highest BCUT2D eigenvalue weighted by Gasteiger charge is 2.16. The number of aryl methyl sites for hydroxylation is 1. The van der Waals surface area contributed by atoms with Crippen LogP contribution in [0.1, 0.15) is 12.0 Å². The first-order chi connectivity index (χ1) is 9.33. The molecule has 104 valence electrons. The third-order valence-corrected chi connectivity index (χ3v) is 4.30. The molecule has 0 aromatic heterocycles. The van der Waals surface area contributed by atoms with Crippen LogP contribution >= 0.6 is 15.9 Å². The monoisotopic (exact) mass is 327 g/mol. The zero-order valence-corrected chi connectivity index (χ0v) is 12.4. The first-order valence-electron chi connectivity index (χ1n) is 6.71. The Labute approximate surface area is 121 Å². The zero-order valence-electron chi connectivity index (χ0n) is 10.9. The molecule has 0 aliphatic carbocycles. The molecule has 0 spiro atoms. The number of morpholine rings is 1. The topological polar surface area (TPSA) is 30.9 Å². The minimum Gasteiger partial charge on any atom is -0.454 e. The van der Waals surface area contributed by atoms with Gasteiger partial charge < -0.3 is 14.2 Å². The summed E-state index contributed by atoms with van der Waals surface area (Å²) < 4.78 is 17.2. The molecular formula is C14H18BrNO3. The largest absolute Gasteiger partial charge is 0.454 e. The Morgan fingerprint density at radius 3 is 2.63 bits per heavy atom. The lowest BCUT2D eigenvalue weighted by atomic mass is 10.1. The fourth-order valence-corrected chi connectivity index (χ4v) is 2.99. The van der Waals surface area contributed by atoms with Gasteiger partial charge in [0.05, 0.1) is 13.2 Å². The SMILES string of the molecule is Brc1cc2c(cc1CCCN1CCOCC1)OCO2. The maximum absolute atomic E-state index is 5.42. The van der Waals surface area contributed by atoms with Crippen molar-refractivity contribution in [1.29, 1.82) is 0 Å². The van der Waals surface area contributed by atoms with Crippen LogP contribution in [0.25, 0.3) is 0 Å². The molecule has 3 rings (SSSR count). The van der Waals surface area contributed by atoms with Crippen LogP contribution in [-0.2, 0) is 11.2 Å². The molecule has 0 saturated carbocycles. The van der Waals surface area contributed by atoms with E-state index in [1.807, 2.05) is 6.07 Å². The molecule has 1 aromatic carbocycles. The maximum atomic E-state index is 5.42. The van der Waals surface area contributed by atoms with Crippen LogP contribution in [0.15, 0.2) is 16.6 Å². The van der Waals surface area contributed by atoms with Gasteiger partial charge in [0.15, 0.2) is 11.5 Å². The Balaban J connectivity index is 1.54. The molecule has 1 aromatic rings. The highest BCUT2D eigenvalue weighted by atomic mass is 79.9. The summed E-state index contributed by atoms with van der Waals surface area (Å²) in [6, 6.07) is 4.10. The van der Waals surface area contributed by atoms with Gasteiger partial charge >= 0.3 is 0 Å². The van der Waals surface area contributed by atoms with Crippen LogP contribution in [0, 0.1) is 0 Å². The van der Waals surface area contributed by atoms with Crippen molar-refractivity contribution in [2.75, 3.05) is 39.6 Å². The molecule has 4 nitrogen and oxygen atoms in total. The van der Waals surface area contributed by atoms with Crippen LogP contribution < -0.4 is 9.47 Å². The first-order valence-corrected chi connectivity index (χ1v) is 7.50. The fraction of sp³-hybridized carbons (Fsp3) is 0.571. The van der Waals surface area contributed by atoms with Crippen LogP contribution in [0.4, 0.5) is 0 Å². The van der Waals surface area contributed by atoms with Crippen LogP contribution in [0.5, 0.6) is 11.5 Å². The van der Waals surface area contributed by atoms with Crippen molar-refractivity contribution in [3.8, 4) is 11.5 Å². The third kappa shape index (κ3) is 3.22. The van der Waals surface area contributed by atoms with E-state index in [4.69, 9.17) is 14.2 Å². The molecule has 0 amide bonds. The third-order valence-electron chi connectivity index (χ3n) is 3.57. The van der Waals surface area contributed by atoms with Gasteiger partial charge in [-0.3, -0.25) is 4.90 Å². The van der Waals surface area contributed by atoms with Gasteiger partial charge in [-0.15, -0.1) is 0 Å². The van der Waals surface area contributed by atoms with Gasteiger partial charge in [0, 0.05) is 17.6 Å². The summed E-state index contributed by atoms with van der Waals surface area (Å²) in [6.07, 6.45) is 2.20. The van der Waals surface area contributed by atoms with Crippen molar-refractivity contribution in [1.82, 2.24) is 4.90 Å². The molecule has 2 aliphatic rings. The molecule has 0 unspecified atom stereocenters. The van der Waals surface area contributed by atoms with Crippen LogP contribution in [-0.4, -0.2) is 44.5 Å². The van der Waals surface area contributed by atoms with Gasteiger partial charge in [-0.2, -0.15) is 0 Å². The highest BCUT2D eigenvalue weighted by Crippen LogP contribution is 2.37. The summed E-state index contributed by atoms with van der Waals surface area (Å²) >= 11 is 3.61. The molecule has 0 radical (unpaired) electrons. The second kappa shape index (κ2) is 6.11. The number of benzene rings is 1. The molecular weight excluding hydrogens is 310 g/mol. The van der Waals surface area contributed by atoms with Crippen LogP contribution in [0.3, 0.4) is 0 Å².